The van der Waals surface area contributed by atoms with E-state index in [1.807, 2.05) is 13.0 Å². The summed E-state index contributed by atoms with van der Waals surface area (Å²) in [6, 6.07) is 11.6. The Morgan fingerprint density at radius 3 is 2.67 bits per heavy atom. The standard InChI is InChI=1S/C21H19ClFN3O/c1-13-6-7-14(22)12-18(13)24-21(27)20-17-4-2-3-5-19(17)26(25-20)16-10-8-15(23)9-11-16/h6-12H,2-5H2,1H3,(H,24,27). The van der Waals surface area contributed by atoms with E-state index in [2.05, 4.69) is 10.4 Å². The van der Waals surface area contributed by atoms with Gasteiger partial charge in [0.25, 0.3) is 5.91 Å². The molecule has 1 aromatic heterocycles. The summed E-state index contributed by atoms with van der Waals surface area (Å²) in [5.41, 5.74) is 4.79. The Morgan fingerprint density at radius 1 is 1.15 bits per heavy atom. The molecular weight excluding hydrogens is 365 g/mol. The van der Waals surface area contributed by atoms with Crippen molar-refractivity contribution in [2.75, 3.05) is 5.32 Å². The van der Waals surface area contributed by atoms with E-state index in [1.165, 1.54) is 12.1 Å². The summed E-state index contributed by atoms with van der Waals surface area (Å²) in [6.07, 6.45) is 3.74. The quantitative estimate of drug-likeness (QED) is 0.683. The molecule has 3 aromatic rings. The Morgan fingerprint density at radius 2 is 1.89 bits per heavy atom. The van der Waals surface area contributed by atoms with Gasteiger partial charge in [0.1, 0.15) is 5.82 Å². The maximum absolute atomic E-state index is 13.3. The highest BCUT2D eigenvalue weighted by molar-refractivity contribution is 6.31. The molecule has 0 bridgehead atoms. The molecule has 1 aliphatic rings. The van der Waals surface area contributed by atoms with Gasteiger partial charge in [-0.3, -0.25) is 4.79 Å². The van der Waals surface area contributed by atoms with E-state index < -0.39 is 0 Å². The maximum atomic E-state index is 13.3. The molecule has 0 aliphatic heterocycles. The first kappa shape index (κ1) is 17.7. The van der Waals surface area contributed by atoms with Gasteiger partial charge < -0.3 is 5.32 Å². The average Bonchev–Trinajstić information content (AvgIpc) is 3.05. The van der Waals surface area contributed by atoms with Gasteiger partial charge in [0.05, 0.1) is 5.69 Å². The summed E-state index contributed by atoms with van der Waals surface area (Å²) in [4.78, 5) is 13.0. The third kappa shape index (κ3) is 3.47. The number of halogens is 2. The topological polar surface area (TPSA) is 46.9 Å². The predicted octanol–water partition coefficient (Wildman–Crippen LogP) is 5.10. The summed E-state index contributed by atoms with van der Waals surface area (Å²) < 4.78 is 15.1. The van der Waals surface area contributed by atoms with Gasteiger partial charge in [-0.05, 0) is 74.6 Å². The van der Waals surface area contributed by atoms with E-state index in [-0.39, 0.29) is 11.7 Å². The van der Waals surface area contributed by atoms with E-state index in [9.17, 15) is 9.18 Å². The summed E-state index contributed by atoms with van der Waals surface area (Å²) in [5, 5.41) is 8.09. The number of carbonyl (C=O) groups is 1. The molecule has 1 aliphatic carbocycles. The Labute approximate surface area is 162 Å². The van der Waals surface area contributed by atoms with Crippen LogP contribution in [-0.2, 0) is 12.8 Å². The highest BCUT2D eigenvalue weighted by Gasteiger charge is 2.26. The van der Waals surface area contributed by atoms with Gasteiger partial charge in [-0.2, -0.15) is 5.10 Å². The molecule has 0 atom stereocenters. The van der Waals surface area contributed by atoms with E-state index in [1.54, 1.807) is 28.9 Å². The number of hydrogen-bond donors (Lipinski definition) is 1. The molecule has 0 fully saturated rings. The number of fused-ring (bicyclic) bond motifs is 1. The zero-order chi connectivity index (χ0) is 19.0. The van der Waals surface area contributed by atoms with Crippen LogP contribution in [0.15, 0.2) is 42.5 Å². The van der Waals surface area contributed by atoms with Gasteiger partial charge in [0.15, 0.2) is 5.69 Å². The number of aromatic nitrogens is 2. The van der Waals surface area contributed by atoms with Crippen LogP contribution in [-0.4, -0.2) is 15.7 Å². The molecule has 0 radical (unpaired) electrons. The number of aryl methyl sites for hydroxylation is 1. The largest absolute Gasteiger partial charge is 0.320 e. The third-order valence-corrected chi connectivity index (χ3v) is 5.15. The second kappa shape index (κ2) is 7.16. The van der Waals surface area contributed by atoms with Gasteiger partial charge in [-0.1, -0.05) is 17.7 Å². The number of rotatable bonds is 3. The first-order valence-electron chi connectivity index (χ1n) is 8.97. The van der Waals surface area contributed by atoms with Crippen molar-refractivity contribution in [2.45, 2.75) is 32.6 Å². The summed E-state index contributed by atoms with van der Waals surface area (Å²) in [6.45, 7) is 1.92. The van der Waals surface area contributed by atoms with Crippen LogP contribution in [0.25, 0.3) is 5.69 Å². The van der Waals surface area contributed by atoms with Gasteiger partial charge >= 0.3 is 0 Å². The Kier molecular flexibility index (Phi) is 4.70. The third-order valence-electron chi connectivity index (χ3n) is 4.91. The molecular formula is C21H19ClFN3O. The van der Waals surface area contributed by atoms with Gasteiger partial charge in [-0.15, -0.1) is 0 Å². The van der Waals surface area contributed by atoms with E-state index >= 15 is 0 Å². The lowest BCUT2D eigenvalue weighted by Crippen LogP contribution is -2.16. The average molecular weight is 384 g/mol. The second-order valence-electron chi connectivity index (χ2n) is 6.78. The van der Waals surface area contributed by atoms with Crippen LogP contribution in [0.3, 0.4) is 0 Å². The summed E-state index contributed by atoms with van der Waals surface area (Å²) >= 11 is 6.06. The number of nitrogens with zero attached hydrogens (tertiary/aromatic N) is 2. The van der Waals surface area contributed by atoms with Crippen LogP contribution in [0.1, 0.15) is 40.2 Å². The smallest absolute Gasteiger partial charge is 0.276 e. The van der Waals surface area contributed by atoms with Crippen LogP contribution >= 0.6 is 11.6 Å². The molecule has 138 valence electrons. The van der Waals surface area contributed by atoms with Crippen molar-refractivity contribution < 1.29 is 9.18 Å². The number of benzene rings is 2. The summed E-state index contributed by atoms with van der Waals surface area (Å²) in [7, 11) is 0. The normalized spacial score (nSPS) is 13.3. The molecule has 1 amide bonds. The maximum Gasteiger partial charge on any atom is 0.276 e. The zero-order valence-corrected chi connectivity index (χ0v) is 15.7. The Bertz CT molecular complexity index is 1010. The molecule has 4 nitrogen and oxygen atoms in total. The van der Waals surface area contributed by atoms with Crippen LogP contribution in [0, 0.1) is 12.7 Å². The Hall–Kier alpha value is -2.66. The molecule has 1 N–H and O–H groups in total. The fourth-order valence-electron chi connectivity index (χ4n) is 3.49. The SMILES string of the molecule is Cc1ccc(Cl)cc1NC(=O)c1nn(-c2ccc(F)cc2)c2c1CCCC2. The molecule has 0 saturated carbocycles. The van der Waals surface area contributed by atoms with Crippen molar-refractivity contribution in [1.29, 1.82) is 0 Å². The Balaban J connectivity index is 1.73. The highest BCUT2D eigenvalue weighted by Crippen LogP contribution is 2.28. The molecule has 2 aromatic carbocycles. The fourth-order valence-corrected chi connectivity index (χ4v) is 3.66. The zero-order valence-electron chi connectivity index (χ0n) is 14.9. The lowest BCUT2D eigenvalue weighted by atomic mass is 9.95. The number of nitrogens with one attached hydrogen (secondary N) is 1. The van der Waals surface area contributed by atoms with E-state index in [0.717, 1.165) is 48.2 Å². The minimum absolute atomic E-state index is 0.251. The lowest BCUT2D eigenvalue weighted by Gasteiger charge is -2.14. The first-order chi connectivity index (χ1) is 13.0. The molecule has 4 rings (SSSR count). The number of hydrogen-bond acceptors (Lipinski definition) is 2. The highest BCUT2D eigenvalue weighted by atomic mass is 35.5. The van der Waals surface area contributed by atoms with Gasteiger partial charge in [0.2, 0.25) is 0 Å². The number of amides is 1. The van der Waals surface area contributed by atoms with E-state index in [0.29, 0.717) is 16.4 Å². The molecule has 0 saturated heterocycles. The monoisotopic (exact) mass is 383 g/mol. The minimum atomic E-state index is -0.297. The minimum Gasteiger partial charge on any atom is -0.320 e. The van der Waals surface area contributed by atoms with Crippen LogP contribution in [0.4, 0.5) is 10.1 Å². The molecule has 27 heavy (non-hydrogen) atoms. The van der Waals surface area contributed by atoms with Crippen molar-refractivity contribution in [1.82, 2.24) is 9.78 Å². The summed E-state index contributed by atoms with van der Waals surface area (Å²) in [5.74, 6) is -0.548. The van der Waals surface area contributed by atoms with E-state index in [4.69, 9.17) is 11.6 Å². The van der Waals surface area contributed by atoms with Crippen molar-refractivity contribution in [2.24, 2.45) is 0 Å². The molecule has 1 heterocycles. The number of carbonyl (C=O) groups excluding carboxylic acids is 1. The first-order valence-corrected chi connectivity index (χ1v) is 9.35. The van der Waals surface area contributed by atoms with Crippen molar-refractivity contribution in [3.05, 3.63) is 75.8 Å². The molecule has 0 spiro atoms. The number of anilines is 1. The van der Waals surface area contributed by atoms with Gasteiger partial charge in [-0.25, -0.2) is 9.07 Å². The lowest BCUT2D eigenvalue weighted by molar-refractivity contribution is 0.102. The second-order valence-corrected chi connectivity index (χ2v) is 7.22. The van der Waals surface area contributed by atoms with Crippen molar-refractivity contribution >= 4 is 23.2 Å². The van der Waals surface area contributed by atoms with Crippen LogP contribution < -0.4 is 5.32 Å². The van der Waals surface area contributed by atoms with Gasteiger partial charge in [0, 0.05) is 22.0 Å². The van der Waals surface area contributed by atoms with Crippen molar-refractivity contribution in [3.63, 3.8) is 0 Å². The molecule has 6 heteroatoms. The van der Waals surface area contributed by atoms with Crippen LogP contribution in [0.5, 0.6) is 0 Å². The fraction of sp³-hybridized carbons (Fsp3) is 0.238. The van der Waals surface area contributed by atoms with Crippen molar-refractivity contribution in [3.8, 4) is 5.69 Å². The molecule has 0 unspecified atom stereocenters. The van der Waals surface area contributed by atoms with Crippen LogP contribution in [0.2, 0.25) is 5.02 Å². The predicted molar refractivity (Wildman–Crippen MR) is 104 cm³/mol.